The van der Waals surface area contributed by atoms with Crippen molar-refractivity contribution in [1.29, 1.82) is 0 Å². The first-order valence-corrected chi connectivity index (χ1v) is 10.8. The predicted molar refractivity (Wildman–Crippen MR) is 108 cm³/mol. The average molecular weight is 403 g/mol. The highest BCUT2D eigenvalue weighted by Gasteiger charge is 2.30. The molecule has 0 saturated carbocycles. The molecule has 2 aromatic carbocycles. The maximum absolute atomic E-state index is 12.7. The first-order valence-electron chi connectivity index (χ1n) is 9.33. The first kappa shape index (κ1) is 20.4. The van der Waals surface area contributed by atoms with Crippen molar-refractivity contribution >= 4 is 15.9 Å². The van der Waals surface area contributed by atoms with Gasteiger partial charge in [0, 0.05) is 26.2 Å². The molecule has 6 nitrogen and oxygen atoms in total. The second kappa shape index (κ2) is 8.32. The Balaban J connectivity index is 1.58. The van der Waals surface area contributed by atoms with Crippen LogP contribution in [0, 0.1) is 20.8 Å². The van der Waals surface area contributed by atoms with E-state index in [2.05, 4.69) is 0 Å². The van der Waals surface area contributed by atoms with Gasteiger partial charge in [-0.05, 0) is 49.6 Å². The molecular weight excluding hydrogens is 376 g/mol. The van der Waals surface area contributed by atoms with Crippen LogP contribution < -0.4 is 4.74 Å². The summed E-state index contributed by atoms with van der Waals surface area (Å²) in [7, 11) is -3.52. The molecule has 0 N–H and O–H groups in total. The fraction of sp³-hybridized carbons (Fsp3) is 0.381. The molecule has 0 unspecified atom stereocenters. The van der Waals surface area contributed by atoms with Crippen LogP contribution in [0.5, 0.6) is 5.75 Å². The molecule has 0 atom stereocenters. The summed E-state index contributed by atoms with van der Waals surface area (Å²) in [5.74, 6) is 0.621. The van der Waals surface area contributed by atoms with Gasteiger partial charge in [0.2, 0.25) is 10.0 Å². The maximum Gasteiger partial charge on any atom is 0.260 e. The standard InChI is InChI=1S/C21H26N2O4S/c1-16-9-10-17(2)21(18(16)3)27-15-20(24)22-11-13-23(14-12-22)28(25,26)19-7-5-4-6-8-19/h4-10H,11-15H2,1-3H3. The van der Waals surface area contributed by atoms with Crippen molar-refractivity contribution in [3.05, 3.63) is 59.2 Å². The lowest BCUT2D eigenvalue weighted by Crippen LogP contribution is -2.51. The van der Waals surface area contributed by atoms with E-state index in [0.717, 1.165) is 22.4 Å². The quantitative estimate of drug-likeness (QED) is 0.771. The van der Waals surface area contributed by atoms with Crippen LogP contribution >= 0.6 is 0 Å². The SMILES string of the molecule is Cc1ccc(C)c(OCC(=O)N2CCN(S(=O)(=O)c3ccccc3)CC2)c1C. The van der Waals surface area contributed by atoms with Gasteiger partial charge in [-0.15, -0.1) is 0 Å². The normalized spacial score (nSPS) is 15.5. The molecule has 0 radical (unpaired) electrons. The van der Waals surface area contributed by atoms with E-state index in [1.54, 1.807) is 35.2 Å². The van der Waals surface area contributed by atoms with Crippen LogP contribution in [0.15, 0.2) is 47.4 Å². The van der Waals surface area contributed by atoms with Crippen LogP contribution in [0.3, 0.4) is 0 Å². The molecule has 3 rings (SSSR count). The molecule has 1 saturated heterocycles. The van der Waals surface area contributed by atoms with E-state index in [1.165, 1.54) is 4.31 Å². The van der Waals surface area contributed by atoms with Gasteiger partial charge in [0.15, 0.2) is 6.61 Å². The van der Waals surface area contributed by atoms with Crippen LogP contribution in [0.2, 0.25) is 0 Å². The predicted octanol–water partition coefficient (Wildman–Crippen LogP) is 2.52. The van der Waals surface area contributed by atoms with Crippen molar-refractivity contribution in [1.82, 2.24) is 9.21 Å². The summed E-state index contributed by atoms with van der Waals surface area (Å²) in [6.07, 6.45) is 0. The summed E-state index contributed by atoms with van der Waals surface area (Å²) >= 11 is 0. The Labute approximate surface area is 166 Å². The molecule has 0 spiro atoms. The Kier molecular flexibility index (Phi) is 6.05. The Morgan fingerprint density at radius 3 is 2.18 bits per heavy atom. The van der Waals surface area contributed by atoms with Crippen molar-refractivity contribution in [3.63, 3.8) is 0 Å². The molecule has 0 aliphatic carbocycles. The van der Waals surface area contributed by atoms with E-state index in [1.807, 2.05) is 32.9 Å². The molecule has 1 aliphatic rings. The van der Waals surface area contributed by atoms with E-state index in [9.17, 15) is 13.2 Å². The zero-order chi connectivity index (χ0) is 20.3. The van der Waals surface area contributed by atoms with Gasteiger partial charge >= 0.3 is 0 Å². The van der Waals surface area contributed by atoms with Gasteiger partial charge in [0.25, 0.3) is 5.91 Å². The fourth-order valence-electron chi connectivity index (χ4n) is 3.29. The molecule has 28 heavy (non-hydrogen) atoms. The Morgan fingerprint density at radius 2 is 1.54 bits per heavy atom. The zero-order valence-electron chi connectivity index (χ0n) is 16.5. The largest absolute Gasteiger partial charge is 0.483 e. The van der Waals surface area contributed by atoms with Crippen LogP contribution in [0.1, 0.15) is 16.7 Å². The highest BCUT2D eigenvalue weighted by Crippen LogP contribution is 2.25. The number of aryl methyl sites for hydroxylation is 2. The fourth-order valence-corrected chi connectivity index (χ4v) is 4.74. The average Bonchev–Trinajstić information content (AvgIpc) is 2.71. The van der Waals surface area contributed by atoms with Crippen LogP contribution in [0.4, 0.5) is 0 Å². The van der Waals surface area contributed by atoms with E-state index >= 15 is 0 Å². The third kappa shape index (κ3) is 4.20. The second-order valence-electron chi connectivity index (χ2n) is 7.04. The van der Waals surface area contributed by atoms with Gasteiger partial charge < -0.3 is 9.64 Å². The van der Waals surface area contributed by atoms with Crippen LogP contribution in [-0.4, -0.2) is 56.3 Å². The van der Waals surface area contributed by atoms with Crippen molar-refractivity contribution in [2.24, 2.45) is 0 Å². The molecule has 0 bridgehead atoms. The second-order valence-corrected chi connectivity index (χ2v) is 8.98. The van der Waals surface area contributed by atoms with E-state index < -0.39 is 10.0 Å². The Morgan fingerprint density at radius 1 is 0.929 bits per heavy atom. The minimum atomic E-state index is -3.52. The number of carbonyl (C=O) groups excluding carboxylic acids is 1. The molecule has 1 aliphatic heterocycles. The van der Waals surface area contributed by atoms with Crippen molar-refractivity contribution in [2.45, 2.75) is 25.7 Å². The van der Waals surface area contributed by atoms with E-state index in [4.69, 9.17) is 4.74 Å². The van der Waals surface area contributed by atoms with Gasteiger partial charge in [0.1, 0.15) is 5.75 Å². The molecule has 2 aromatic rings. The van der Waals surface area contributed by atoms with Gasteiger partial charge in [-0.2, -0.15) is 4.31 Å². The Bertz CT molecular complexity index is 950. The number of nitrogens with zero attached hydrogens (tertiary/aromatic N) is 2. The number of rotatable bonds is 5. The molecule has 150 valence electrons. The number of sulfonamides is 1. The summed E-state index contributed by atoms with van der Waals surface area (Å²) in [6.45, 7) is 7.19. The number of ether oxygens (including phenoxy) is 1. The highest BCUT2D eigenvalue weighted by molar-refractivity contribution is 7.89. The van der Waals surface area contributed by atoms with Gasteiger partial charge in [0.05, 0.1) is 4.90 Å². The molecule has 7 heteroatoms. The summed E-state index contributed by atoms with van der Waals surface area (Å²) in [6, 6.07) is 12.4. The number of amides is 1. The monoisotopic (exact) mass is 402 g/mol. The van der Waals surface area contributed by atoms with Crippen LogP contribution in [-0.2, 0) is 14.8 Å². The summed E-state index contributed by atoms with van der Waals surface area (Å²) in [5.41, 5.74) is 3.15. The number of piperazine rings is 1. The lowest BCUT2D eigenvalue weighted by molar-refractivity contribution is -0.134. The third-order valence-electron chi connectivity index (χ3n) is 5.19. The van der Waals surface area contributed by atoms with E-state index in [-0.39, 0.29) is 30.5 Å². The van der Waals surface area contributed by atoms with E-state index in [0.29, 0.717) is 13.1 Å². The Hall–Kier alpha value is -2.38. The van der Waals surface area contributed by atoms with Crippen molar-refractivity contribution < 1.29 is 17.9 Å². The number of benzene rings is 2. The summed E-state index contributed by atoms with van der Waals surface area (Å²) < 4.78 is 32.6. The first-order chi connectivity index (χ1) is 13.3. The van der Waals surface area contributed by atoms with Gasteiger partial charge in [-0.3, -0.25) is 4.79 Å². The minimum absolute atomic E-state index is 0.0451. The molecule has 1 fully saturated rings. The van der Waals surface area contributed by atoms with Crippen molar-refractivity contribution in [3.8, 4) is 5.75 Å². The maximum atomic E-state index is 12.7. The number of hydrogen-bond acceptors (Lipinski definition) is 4. The lowest BCUT2D eigenvalue weighted by atomic mass is 10.1. The summed E-state index contributed by atoms with van der Waals surface area (Å²) in [4.78, 5) is 14.5. The molecule has 0 aromatic heterocycles. The summed E-state index contributed by atoms with van der Waals surface area (Å²) in [5, 5.41) is 0. The van der Waals surface area contributed by atoms with Crippen LogP contribution in [0.25, 0.3) is 0 Å². The molecule has 1 heterocycles. The third-order valence-corrected chi connectivity index (χ3v) is 7.10. The van der Waals surface area contributed by atoms with Crippen molar-refractivity contribution in [2.75, 3.05) is 32.8 Å². The highest BCUT2D eigenvalue weighted by atomic mass is 32.2. The number of hydrogen-bond donors (Lipinski definition) is 0. The minimum Gasteiger partial charge on any atom is -0.483 e. The van der Waals surface area contributed by atoms with Gasteiger partial charge in [-0.25, -0.2) is 8.42 Å². The molecule has 1 amide bonds. The smallest absolute Gasteiger partial charge is 0.260 e. The molecular formula is C21H26N2O4S. The lowest BCUT2D eigenvalue weighted by Gasteiger charge is -2.34. The topological polar surface area (TPSA) is 66.9 Å². The zero-order valence-corrected chi connectivity index (χ0v) is 17.3. The number of carbonyl (C=O) groups is 1. The van der Waals surface area contributed by atoms with Gasteiger partial charge in [-0.1, -0.05) is 30.3 Å².